The van der Waals surface area contributed by atoms with Crippen LogP contribution in [-0.4, -0.2) is 0 Å². The van der Waals surface area contributed by atoms with Gasteiger partial charge in [0.15, 0.2) is 0 Å². The zero-order valence-electron chi connectivity index (χ0n) is 8.23. The summed E-state index contributed by atoms with van der Waals surface area (Å²) in [7, 11) is 0. The van der Waals surface area contributed by atoms with E-state index < -0.39 is 0 Å². The lowest BCUT2D eigenvalue weighted by atomic mass is 9.98. The minimum atomic E-state index is 0. The molecule has 0 fully saturated rings. The minimum Gasteiger partial charge on any atom is -0.355 e. The molecule has 2 heteroatoms. The first-order valence-corrected chi connectivity index (χ1v) is 4.86. The third-order valence-corrected chi connectivity index (χ3v) is 2.68. The molecule has 15 heavy (non-hydrogen) atoms. The molecule has 1 aliphatic heterocycles. The van der Waals surface area contributed by atoms with Gasteiger partial charge in [-0.3, -0.25) is 0 Å². The Balaban J connectivity index is 0.000000853. The molecule has 0 bridgehead atoms. The van der Waals surface area contributed by atoms with Gasteiger partial charge in [-0.25, -0.2) is 0 Å². The van der Waals surface area contributed by atoms with Crippen molar-refractivity contribution in [3.8, 4) is 0 Å². The molecule has 0 spiro atoms. The zero-order chi connectivity index (χ0) is 9.38. The van der Waals surface area contributed by atoms with Crippen molar-refractivity contribution in [2.24, 2.45) is 0 Å². The van der Waals surface area contributed by atoms with Gasteiger partial charge < -0.3 is 5.32 Å². The maximum atomic E-state index is 3.44. The number of rotatable bonds is 0. The highest BCUT2D eigenvalue weighted by Gasteiger charge is 2.12. The van der Waals surface area contributed by atoms with Gasteiger partial charge in [0.05, 0.1) is 0 Å². The van der Waals surface area contributed by atoms with Gasteiger partial charge >= 0.3 is 0 Å². The van der Waals surface area contributed by atoms with Crippen LogP contribution in [0, 0.1) is 0 Å². The fourth-order valence-electron chi connectivity index (χ4n) is 1.94. The Hall–Kier alpha value is -1.03. The van der Waals surface area contributed by atoms with Crippen LogP contribution < -0.4 is 5.32 Å². The molecule has 1 heterocycles. The molecule has 0 saturated heterocycles. The number of hydrogen-bond acceptors (Lipinski definition) is 1. The van der Waals surface area contributed by atoms with Crippen LogP contribution >= 0.6 is 24.0 Å². The molecule has 76 valence electrons. The van der Waals surface area contributed by atoms with Crippen molar-refractivity contribution in [3.63, 3.8) is 0 Å². The largest absolute Gasteiger partial charge is 0.355 e. The Kier molecular flexibility index (Phi) is 2.95. The number of benzene rings is 2. The summed E-state index contributed by atoms with van der Waals surface area (Å²) in [6, 6.07) is 16.9. The molecule has 0 unspecified atom stereocenters. The van der Waals surface area contributed by atoms with E-state index in [0.717, 1.165) is 6.42 Å². The van der Waals surface area contributed by atoms with Gasteiger partial charge in [-0.05, 0) is 23.3 Å². The van der Waals surface area contributed by atoms with Gasteiger partial charge in [0, 0.05) is 17.8 Å². The van der Waals surface area contributed by atoms with Crippen molar-refractivity contribution >= 4 is 35.4 Å². The van der Waals surface area contributed by atoms with Crippen LogP contribution in [0.3, 0.4) is 0 Å². The van der Waals surface area contributed by atoms with Gasteiger partial charge in [-0.2, -0.15) is 0 Å². The van der Waals surface area contributed by atoms with Crippen LogP contribution in [-0.2, 0) is 6.42 Å². The third kappa shape index (κ3) is 1.86. The number of fused-ring (bicyclic) bond motifs is 2. The molecule has 0 atom stereocenters. The summed E-state index contributed by atoms with van der Waals surface area (Å²) in [4.78, 5) is 0. The molecule has 1 aliphatic rings. The maximum absolute atomic E-state index is 3.44. The second kappa shape index (κ2) is 4.23. The topological polar surface area (TPSA) is 12.0 Å². The highest BCUT2D eigenvalue weighted by Crippen LogP contribution is 2.31. The van der Waals surface area contributed by atoms with Crippen molar-refractivity contribution in [2.75, 3.05) is 5.32 Å². The second-order valence-corrected chi connectivity index (χ2v) is 3.62. The smallest absolute Gasteiger partial charge is 0.0420 e. The summed E-state index contributed by atoms with van der Waals surface area (Å²) in [5.41, 5.74) is 5.25. The zero-order valence-corrected chi connectivity index (χ0v) is 10.6. The van der Waals surface area contributed by atoms with Crippen LogP contribution in [0.25, 0.3) is 0 Å². The highest BCUT2D eigenvalue weighted by molar-refractivity contribution is 14.0. The number of anilines is 2. The monoisotopic (exact) mass is 309 g/mol. The van der Waals surface area contributed by atoms with Crippen LogP contribution in [0.1, 0.15) is 11.1 Å². The van der Waals surface area contributed by atoms with Crippen LogP contribution in [0.4, 0.5) is 11.4 Å². The normalized spacial score (nSPS) is 11.7. The summed E-state index contributed by atoms with van der Waals surface area (Å²) in [5, 5.41) is 3.44. The molecular formula is C13H12IN. The summed E-state index contributed by atoms with van der Waals surface area (Å²) >= 11 is 0. The molecule has 0 saturated carbocycles. The summed E-state index contributed by atoms with van der Waals surface area (Å²) in [6.45, 7) is 0. The molecule has 1 N–H and O–H groups in total. The quantitative estimate of drug-likeness (QED) is 0.620. The first-order chi connectivity index (χ1) is 6.93. The van der Waals surface area contributed by atoms with Crippen molar-refractivity contribution < 1.29 is 0 Å². The number of para-hydroxylation sites is 2. The summed E-state index contributed by atoms with van der Waals surface area (Å²) < 4.78 is 0. The third-order valence-electron chi connectivity index (χ3n) is 2.68. The van der Waals surface area contributed by atoms with Crippen molar-refractivity contribution in [1.29, 1.82) is 0 Å². The van der Waals surface area contributed by atoms with E-state index in [4.69, 9.17) is 0 Å². The van der Waals surface area contributed by atoms with Gasteiger partial charge in [-0.15, -0.1) is 24.0 Å². The maximum Gasteiger partial charge on any atom is 0.0420 e. The minimum absolute atomic E-state index is 0. The summed E-state index contributed by atoms with van der Waals surface area (Å²) in [6.07, 6.45) is 1.04. The van der Waals surface area contributed by atoms with Crippen molar-refractivity contribution in [3.05, 3.63) is 59.7 Å². The van der Waals surface area contributed by atoms with Gasteiger partial charge in [-0.1, -0.05) is 36.4 Å². The molecule has 1 nitrogen and oxygen atoms in total. The fourth-order valence-corrected chi connectivity index (χ4v) is 1.94. The van der Waals surface area contributed by atoms with E-state index in [0.29, 0.717) is 0 Å². The van der Waals surface area contributed by atoms with E-state index in [-0.39, 0.29) is 24.0 Å². The molecule has 0 aromatic heterocycles. The fraction of sp³-hybridized carbons (Fsp3) is 0.0769. The van der Waals surface area contributed by atoms with Gasteiger partial charge in [0.1, 0.15) is 0 Å². The lowest BCUT2D eigenvalue weighted by Crippen LogP contribution is -2.05. The molecular weight excluding hydrogens is 297 g/mol. The van der Waals surface area contributed by atoms with E-state index in [1.807, 2.05) is 0 Å². The van der Waals surface area contributed by atoms with Crippen LogP contribution in [0.2, 0.25) is 0 Å². The Morgan fingerprint density at radius 2 is 1.20 bits per heavy atom. The first-order valence-electron chi connectivity index (χ1n) is 4.86. The Bertz CT molecular complexity index is 392. The lowest BCUT2D eigenvalue weighted by Gasteiger charge is -2.20. The van der Waals surface area contributed by atoms with Crippen molar-refractivity contribution in [1.82, 2.24) is 0 Å². The number of nitrogens with one attached hydrogen (secondary N) is 1. The van der Waals surface area contributed by atoms with E-state index >= 15 is 0 Å². The molecule has 0 radical (unpaired) electrons. The van der Waals surface area contributed by atoms with Crippen LogP contribution in [0.5, 0.6) is 0 Å². The predicted molar refractivity (Wildman–Crippen MR) is 74.4 cm³/mol. The first kappa shape index (κ1) is 10.5. The van der Waals surface area contributed by atoms with Crippen molar-refractivity contribution in [2.45, 2.75) is 6.42 Å². The van der Waals surface area contributed by atoms with E-state index in [9.17, 15) is 0 Å². The van der Waals surface area contributed by atoms with Crippen LogP contribution in [0.15, 0.2) is 48.5 Å². The van der Waals surface area contributed by atoms with Gasteiger partial charge in [0.2, 0.25) is 0 Å². The second-order valence-electron chi connectivity index (χ2n) is 3.62. The average molecular weight is 309 g/mol. The molecule has 2 aromatic rings. The molecule has 0 aliphatic carbocycles. The standard InChI is InChI=1S/C13H11N.HI/c1-3-7-12-10(5-1)9-11-6-2-4-8-13(11)14-12;/h1-8,14H,9H2;1H. The highest BCUT2D eigenvalue weighted by atomic mass is 127. The molecule has 2 aromatic carbocycles. The molecule has 0 amide bonds. The van der Waals surface area contributed by atoms with E-state index in [1.165, 1.54) is 22.5 Å². The average Bonchev–Trinajstić information content (AvgIpc) is 2.26. The SMILES string of the molecule is I.c1ccc2c(c1)Cc1ccccc1N2. The Labute approximate surface area is 107 Å². The van der Waals surface area contributed by atoms with E-state index in [1.54, 1.807) is 0 Å². The Morgan fingerprint density at radius 1 is 0.733 bits per heavy atom. The number of hydrogen-bond donors (Lipinski definition) is 1. The van der Waals surface area contributed by atoms with Gasteiger partial charge in [0.25, 0.3) is 0 Å². The summed E-state index contributed by atoms with van der Waals surface area (Å²) in [5.74, 6) is 0. The molecule has 3 rings (SSSR count). The Morgan fingerprint density at radius 3 is 1.73 bits per heavy atom. The van der Waals surface area contributed by atoms with E-state index in [2.05, 4.69) is 53.8 Å². The number of halogens is 1. The predicted octanol–water partition coefficient (Wildman–Crippen LogP) is 3.95. The lowest BCUT2D eigenvalue weighted by molar-refractivity contribution is 1.16.